The Morgan fingerprint density at radius 1 is 1.42 bits per heavy atom. The molecule has 0 radical (unpaired) electrons. The van der Waals surface area contributed by atoms with E-state index in [2.05, 4.69) is 23.7 Å². The lowest BCUT2D eigenvalue weighted by Crippen LogP contribution is -2.26. The molecule has 1 aromatic heterocycles. The summed E-state index contributed by atoms with van der Waals surface area (Å²) in [7, 11) is 0. The first-order valence-electron chi connectivity index (χ1n) is 6.76. The van der Waals surface area contributed by atoms with Crippen LogP contribution in [0.15, 0.2) is 18.3 Å². The van der Waals surface area contributed by atoms with Crippen molar-refractivity contribution in [1.82, 2.24) is 4.98 Å². The molecular weight excluding hydrogens is 262 g/mol. The van der Waals surface area contributed by atoms with Gasteiger partial charge in [0.25, 0.3) is 0 Å². The van der Waals surface area contributed by atoms with Gasteiger partial charge in [0.2, 0.25) is 5.91 Å². The standard InChI is InChI=1S/C14H20ClN3O/c1-3-17(4-2)13-6-5-12(9-16-13)18-10-11(8-15)7-14(18)19/h5-6,9,11H,3-4,7-8,10H2,1-2H3. The predicted molar refractivity (Wildman–Crippen MR) is 79.0 cm³/mol. The number of aromatic nitrogens is 1. The third-order valence-electron chi connectivity index (χ3n) is 3.55. The van der Waals surface area contributed by atoms with Gasteiger partial charge in [0.1, 0.15) is 5.82 Å². The van der Waals surface area contributed by atoms with E-state index in [-0.39, 0.29) is 11.8 Å². The predicted octanol–water partition coefficient (Wildman–Crippen LogP) is 2.52. The first-order valence-corrected chi connectivity index (χ1v) is 7.30. The quantitative estimate of drug-likeness (QED) is 0.778. The lowest BCUT2D eigenvalue weighted by molar-refractivity contribution is -0.117. The molecule has 0 spiro atoms. The van der Waals surface area contributed by atoms with Crippen molar-refractivity contribution in [3.63, 3.8) is 0 Å². The minimum atomic E-state index is 0.142. The number of hydrogen-bond donors (Lipinski definition) is 0. The minimum Gasteiger partial charge on any atom is -0.357 e. The molecule has 1 aromatic rings. The molecule has 0 saturated carbocycles. The molecule has 2 rings (SSSR count). The fourth-order valence-electron chi connectivity index (χ4n) is 2.41. The van der Waals surface area contributed by atoms with E-state index >= 15 is 0 Å². The van der Waals surface area contributed by atoms with Crippen LogP contribution in [0.1, 0.15) is 20.3 Å². The molecule has 1 aliphatic heterocycles. The van der Waals surface area contributed by atoms with Crippen molar-refractivity contribution in [3.05, 3.63) is 18.3 Å². The van der Waals surface area contributed by atoms with Crippen molar-refractivity contribution in [2.45, 2.75) is 20.3 Å². The number of nitrogens with zero attached hydrogens (tertiary/aromatic N) is 3. The molecule has 1 unspecified atom stereocenters. The van der Waals surface area contributed by atoms with E-state index < -0.39 is 0 Å². The summed E-state index contributed by atoms with van der Waals surface area (Å²) < 4.78 is 0. The maximum atomic E-state index is 11.9. The van der Waals surface area contributed by atoms with E-state index in [1.807, 2.05) is 12.1 Å². The van der Waals surface area contributed by atoms with Crippen molar-refractivity contribution in [1.29, 1.82) is 0 Å². The summed E-state index contributed by atoms with van der Waals surface area (Å²) in [5, 5.41) is 0. The van der Waals surface area contributed by atoms with Gasteiger partial charge in [-0.2, -0.15) is 0 Å². The number of carbonyl (C=O) groups is 1. The summed E-state index contributed by atoms with van der Waals surface area (Å²) in [6.45, 7) is 6.77. The molecule has 1 amide bonds. The molecule has 2 heterocycles. The Morgan fingerprint density at radius 3 is 2.63 bits per heavy atom. The Labute approximate surface area is 119 Å². The van der Waals surface area contributed by atoms with Gasteiger partial charge in [0.15, 0.2) is 0 Å². The Balaban J connectivity index is 2.12. The van der Waals surface area contributed by atoms with Crippen LogP contribution in [0.25, 0.3) is 0 Å². The van der Waals surface area contributed by atoms with Crippen LogP contribution in [-0.4, -0.2) is 36.4 Å². The first-order chi connectivity index (χ1) is 9.19. The number of alkyl halides is 1. The summed E-state index contributed by atoms with van der Waals surface area (Å²) in [6.07, 6.45) is 2.32. The van der Waals surface area contributed by atoms with Crippen molar-refractivity contribution in [2.75, 3.05) is 35.3 Å². The second kappa shape index (κ2) is 6.24. The number of rotatable bonds is 5. The zero-order valence-electron chi connectivity index (χ0n) is 11.5. The zero-order chi connectivity index (χ0) is 13.8. The fraction of sp³-hybridized carbons (Fsp3) is 0.571. The first kappa shape index (κ1) is 14.1. The number of hydrogen-bond acceptors (Lipinski definition) is 3. The van der Waals surface area contributed by atoms with Gasteiger partial charge in [0.05, 0.1) is 11.9 Å². The summed E-state index contributed by atoms with van der Waals surface area (Å²) in [4.78, 5) is 20.3. The minimum absolute atomic E-state index is 0.142. The maximum Gasteiger partial charge on any atom is 0.227 e. The smallest absolute Gasteiger partial charge is 0.227 e. The summed E-state index contributed by atoms with van der Waals surface area (Å²) in [5.41, 5.74) is 0.869. The number of halogens is 1. The average molecular weight is 282 g/mol. The molecule has 0 aliphatic carbocycles. The van der Waals surface area contributed by atoms with Crippen LogP contribution >= 0.6 is 11.6 Å². The number of anilines is 2. The molecule has 1 saturated heterocycles. The maximum absolute atomic E-state index is 11.9. The molecule has 1 atom stereocenters. The highest BCUT2D eigenvalue weighted by Gasteiger charge is 2.30. The van der Waals surface area contributed by atoms with Gasteiger partial charge in [-0.25, -0.2) is 4.98 Å². The third kappa shape index (κ3) is 3.00. The Hall–Kier alpha value is -1.29. The van der Waals surface area contributed by atoms with Crippen LogP contribution in [0.3, 0.4) is 0 Å². The lowest BCUT2D eigenvalue weighted by Gasteiger charge is -2.21. The molecule has 0 aromatic carbocycles. The highest BCUT2D eigenvalue weighted by atomic mass is 35.5. The summed E-state index contributed by atoms with van der Waals surface area (Å²) in [5.74, 6) is 1.89. The SMILES string of the molecule is CCN(CC)c1ccc(N2CC(CCl)CC2=O)cn1. The molecule has 1 fully saturated rings. The molecule has 104 valence electrons. The Kier molecular flexibility index (Phi) is 4.64. The number of carbonyl (C=O) groups excluding carboxylic acids is 1. The van der Waals surface area contributed by atoms with Crippen molar-refractivity contribution in [2.24, 2.45) is 5.92 Å². The number of amides is 1. The van der Waals surface area contributed by atoms with E-state index in [9.17, 15) is 4.79 Å². The topological polar surface area (TPSA) is 36.4 Å². The van der Waals surface area contributed by atoms with E-state index in [0.29, 0.717) is 18.8 Å². The molecule has 0 bridgehead atoms. The third-order valence-corrected chi connectivity index (χ3v) is 3.99. The highest BCUT2D eigenvalue weighted by Crippen LogP contribution is 2.26. The van der Waals surface area contributed by atoms with Crippen molar-refractivity contribution in [3.8, 4) is 0 Å². The van der Waals surface area contributed by atoms with Crippen molar-refractivity contribution >= 4 is 29.0 Å². The van der Waals surface area contributed by atoms with Crippen LogP contribution in [-0.2, 0) is 4.79 Å². The monoisotopic (exact) mass is 281 g/mol. The van der Waals surface area contributed by atoms with E-state index in [4.69, 9.17) is 11.6 Å². The Morgan fingerprint density at radius 2 is 2.16 bits per heavy atom. The van der Waals surface area contributed by atoms with Crippen molar-refractivity contribution < 1.29 is 4.79 Å². The summed E-state index contributed by atoms with van der Waals surface area (Å²) >= 11 is 5.83. The van der Waals surface area contributed by atoms with Gasteiger partial charge < -0.3 is 9.80 Å². The second-order valence-corrected chi connectivity index (χ2v) is 5.08. The van der Waals surface area contributed by atoms with Crippen LogP contribution in [0, 0.1) is 5.92 Å². The van der Waals surface area contributed by atoms with Gasteiger partial charge in [-0.05, 0) is 31.9 Å². The average Bonchev–Trinajstić information content (AvgIpc) is 2.82. The van der Waals surface area contributed by atoms with Crippen LogP contribution in [0.5, 0.6) is 0 Å². The van der Waals surface area contributed by atoms with Gasteiger partial charge in [-0.1, -0.05) is 0 Å². The molecule has 5 heteroatoms. The van der Waals surface area contributed by atoms with E-state index in [1.165, 1.54) is 0 Å². The molecular formula is C14H20ClN3O. The Bertz CT molecular complexity index is 431. The highest BCUT2D eigenvalue weighted by molar-refractivity contribution is 6.18. The fourth-order valence-corrected chi connectivity index (χ4v) is 2.61. The van der Waals surface area contributed by atoms with Crippen LogP contribution in [0.4, 0.5) is 11.5 Å². The largest absolute Gasteiger partial charge is 0.357 e. The van der Waals surface area contributed by atoms with Gasteiger partial charge in [-0.15, -0.1) is 11.6 Å². The van der Waals surface area contributed by atoms with Crippen LogP contribution in [0.2, 0.25) is 0 Å². The molecule has 4 nitrogen and oxygen atoms in total. The normalized spacial score (nSPS) is 19.0. The number of pyridine rings is 1. The van der Waals surface area contributed by atoms with Gasteiger partial charge >= 0.3 is 0 Å². The summed E-state index contributed by atoms with van der Waals surface area (Å²) in [6, 6.07) is 3.94. The van der Waals surface area contributed by atoms with E-state index in [0.717, 1.165) is 24.6 Å². The second-order valence-electron chi connectivity index (χ2n) is 4.78. The lowest BCUT2D eigenvalue weighted by atomic mass is 10.1. The van der Waals surface area contributed by atoms with Crippen LogP contribution < -0.4 is 9.80 Å². The van der Waals surface area contributed by atoms with Gasteiger partial charge in [-0.3, -0.25) is 4.79 Å². The van der Waals surface area contributed by atoms with Gasteiger partial charge in [0, 0.05) is 31.9 Å². The zero-order valence-corrected chi connectivity index (χ0v) is 12.2. The van der Waals surface area contributed by atoms with E-state index in [1.54, 1.807) is 11.1 Å². The molecule has 0 N–H and O–H groups in total. The molecule has 1 aliphatic rings. The molecule has 19 heavy (non-hydrogen) atoms.